The summed E-state index contributed by atoms with van der Waals surface area (Å²) in [5.74, 6) is -0.834. The molecule has 0 saturated heterocycles. The van der Waals surface area contributed by atoms with Crippen molar-refractivity contribution in [2.75, 3.05) is 11.1 Å². The van der Waals surface area contributed by atoms with Crippen molar-refractivity contribution >= 4 is 28.9 Å². The number of carbonyl (C=O) groups excluding carboxylic acids is 1. The Morgan fingerprint density at radius 3 is 2.50 bits per heavy atom. The van der Waals surface area contributed by atoms with Crippen molar-refractivity contribution in [3.63, 3.8) is 0 Å². The van der Waals surface area contributed by atoms with Gasteiger partial charge in [0.2, 0.25) is 0 Å². The number of carbonyl (C=O) groups is 1. The van der Waals surface area contributed by atoms with Crippen LogP contribution in [0.1, 0.15) is 10.4 Å². The zero-order valence-electron chi connectivity index (χ0n) is 9.28. The normalized spacial score (nSPS) is 10.1. The van der Waals surface area contributed by atoms with Crippen molar-refractivity contribution < 1.29 is 9.18 Å². The van der Waals surface area contributed by atoms with Crippen LogP contribution in [0.25, 0.3) is 0 Å². The van der Waals surface area contributed by atoms with Gasteiger partial charge in [-0.3, -0.25) is 4.79 Å². The van der Waals surface area contributed by atoms with Crippen molar-refractivity contribution in [1.82, 2.24) is 0 Å². The molecule has 5 heteroatoms. The topological polar surface area (TPSA) is 55.1 Å². The maximum atomic E-state index is 13.0. The number of amides is 1. The molecular formula is C13H10ClFN2O. The lowest BCUT2D eigenvalue weighted by Crippen LogP contribution is -2.13. The van der Waals surface area contributed by atoms with Crippen LogP contribution in [0.4, 0.5) is 15.8 Å². The van der Waals surface area contributed by atoms with E-state index in [0.717, 1.165) is 0 Å². The molecular weight excluding hydrogens is 255 g/mol. The molecule has 0 unspecified atom stereocenters. The summed E-state index contributed by atoms with van der Waals surface area (Å²) in [6.07, 6.45) is 0. The van der Waals surface area contributed by atoms with Gasteiger partial charge < -0.3 is 11.1 Å². The Morgan fingerprint density at radius 1 is 1.17 bits per heavy atom. The van der Waals surface area contributed by atoms with E-state index in [9.17, 15) is 9.18 Å². The Bertz CT molecular complexity index is 584. The maximum Gasteiger partial charge on any atom is 0.255 e. The van der Waals surface area contributed by atoms with Gasteiger partial charge in [-0.05, 0) is 42.5 Å². The first-order chi connectivity index (χ1) is 8.56. The Balaban J connectivity index is 2.21. The lowest BCUT2D eigenvalue weighted by Gasteiger charge is -2.08. The summed E-state index contributed by atoms with van der Waals surface area (Å²) in [6.45, 7) is 0. The minimum atomic E-state index is -0.462. The third kappa shape index (κ3) is 2.78. The van der Waals surface area contributed by atoms with Gasteiger partial charge in [-0.2, -0.15) is 0 Å². The highest BCUT2D eigenvalue weighted by Crippen LogP contribution is 2.20. The smallest absolute Gasteiger partial charge is 0.255 e. The molecule has 0 bridgehead atoms. The summed E-state index contributed by atoms with van der Waals surface area (Å²) in [7, 11) is 0. The zero-order chi connectivity index (χ0) is 13.1. The van der Waals surface area contributed by atoms with Crippen LogP contribution in [-0.4, -0.2) is 5.91 Å². The van der Waals surface area contributed by atoms with Gasteiger partial charge in [0, 0.05) is 10.6 Å². The predicted octanol–water partition coefficient (Wildman–Crippen LogP) is 3.31. The minimum absolute atomic E-state index is 0.245. The van der Waals surface area contributed by atoms with Gasteiger partial charge in [-0.15, -0.1) is 0 Å². The average molecular weight is 265 g/mol. The predicted molar refractivity (Wildman–Crippen MR) is 70.2 cm³/mol. The van der Waals surface area contributed by atoms with Gasteiger partial charge in [0.25, 0.3) is 5.91 Å². The van der Waals surface area contributed by atoms with Crippen molar-refractivity contribution in [2.45, 2.75) is 0 Å². The second-order valence-corrected chi connectivity index (χ2v) is 4.13. The summed E-state index contributed by atoms with van der Waals surface area (Å²) in [5, 5.41) is 3.08. The van der Waals surface area contributed by atoms with Crippen LogP contribution in [-0.2, 0) is 0 Å². The molecule has 0 aliphatic carbocycles. The number of nitrogen functional groups attached to an aromatic ring is 1. The number of halogens is 2. The van der Waals surface area contributed by atoms with Crippen molar-refractivity contribution in [3.05, 3.63) is 58.9 Å². The molecule has 3 nitrogen and oxygen atoms in total. The first-order valence-electron chi connectivity index (χ1n) is 5.18. The SMILES string of the molecule is Nc1ccc(F)cc1NC(=O)c1ccc(Cl)cc1. The Morgan fingerprint density at radius 2 is 1.83 bits per heavy atom. The van der Waals surface area contributed by atoms with E-state index < -0.39 is 5.82 Å². The highest BCUT2D eigenvalue weighted by molar-refractivity contribution is 6.30. The van der Waals surface area contributed by atoms with Gasteiger partial charge in [-0.25, -0.2) is 4.39 Å². The number of hydrogen-bond donors (Lipinski definition) is 2. The number of hydrogen-bond acceptors (Lipinski definition) is 2. The highest BCUT2D eigenvalue weighted by atomic mass is 35.5. The first kappa shape index (κ1) is 12.4. The Labute approximate surface area is 108 Å². The van der Waals surface area contributed by atoms with Crippen LogP contribution in [0.3, 0.4) is 0 Å². The Kier molecular flexibility index (Phi) is 3.48. The van der Waals surface area contributed by atoms with E-state index in [4.69, 9.17) is 17.3 Å². The van der Waals surface area contributed by atoms with E-state index in [-0.39, 0.29) is 11.6 Å². The Hall–Kier alpha value is -2.07. The van der Waals surface area contributed by atoms with Crippen LogP contribution in [0, 0.1) is 5.82 Å². The van der Waals surface area contributed by atoms with Crippen LogP contribution in [0.2, 0.25) is 5.02 Å². The lowest BCUT2D eigenvalue weighted by atomic mass is 10.2. The molecule has 1 amide bonds. The molecule has 0 fully saturated rings. The fourth-order valence-electron chi connectivity index (χ4n) is 1.43. The van der Waals surface area contributed by atoms with E-state index in [1.54, 1.807) is 24.3 Å². The molecule has 0 aromatic heterocycles. The quantitative estimate of drug-likeness (QED) is 0.818. The maximum absolute atomic E-state index is 13.0. The van der Waals surface area contributed by atoms with Gasteiger partial charge in [0.1, 0.15) is 5.82 Å². The van der Waals surface area contributed by atoms with E-state index in [0.29, 0.717) is 16.3 Å². The standard InChI is InChI=1S/C13H10ClFN2O/c14-9-3-1-8(2-4-9)13(18)17-12-7-10(15)5-6-11(12)16/h1-7H,16H2,(H,17,18). The molecule has 2 aromatic rings. The van der Waals surface area contributed by atoms with Crippen molar-refractivity contribution in [3.8, 4) is 0 Å². The third-order valence-electron chi connectivity index (χ3n) is 2.37. The fourth-order valence-corrected chi connectivity index (χ4v) is 1.56. The lowest BCUT2D eigenvalue weighted by molar-refractivity contribution is 0.102. The molecule has 0 spiro atoms. The van der Waals surface area contributed by atoms with E-state index in [2.05, 4.69) is 5.32 Å². The molecule has 0 aliphatic heterocycles. The molecule has 0 atom stereocenters. The van der Waals surface area contributed by atoms with Crippen LogP contribution >= 0.6 is 11.6 Å². The number of anilines is 2. The third-order valence-corrected chi connectivity index (χ3v) is 2.62. The minimum Gasteiger partial charge on any atom is -0.397 e. The second kappa shape index (κ2) is 5.06. The van der Waals surface area contributed by atoms with Crippen LogP contribution < -0.4 is 11.1 Å². The van der Waals surface area contributed by atoms with Gasteiger partial charge >= 0.3 is 0 Å². The molecule has 2 aromatic carbocycles. The molecule has 3 N–H and O–H groups in total. The number of nitrogens with one attached hydrogen (secondary N) is 1. The van der Waals surface area contributed by atoms with Crippen molar-refractivity contribution in [2.24, 2.45) is 0 Å². The zero-order valence-corrected chi connectivity index (χ0v) is 10.0. The number of rotatable bonds is 2. The number of benzene rings is 2. The summed E-state index contributed by atoms with van der Waals surface area (Å²) in [5.41, 5.74) is 6.61. The molecule has 0 saturated carbocycles. The van der Waals surface area contributed by atoms with Crippen LogP contribution in [0.5, 0.6) is 0 Å². The average Bonchev–Trinajstić information content (AvgIpc) is 2.34. The van der Waals surface area contributed by atoms with Crippen LogP contribution in [0.15, 0.2) is 42.5 Å². The van der Waals surface area contributed by atoms with Crippen molar-refractivity contribution in [1.29, 1.82) is 0 Å². The first-order valence-corrected chi connectivity index (χ1v) is 5.56. The number of nitrogens with two attached hydrogens (primary N) is 1. The van der Waals surface area contributed by atoms with Gasteiger partial charge in [0.15, 0.2) is 0 Å². The molecule has 0 heterocycles. The highest BCUT2D eigenvalue weighted by Gasteiger charge is 2.08. The molecule has 0 aliphatic rings. The molecule has 92 valence electrons. The van der Waals surface area contributed by atoms with E-state index in [1.807, 2.05) is 0 Å². The summed E-state index contributed by atoms with van der Waals surface area (Å²) >= 11 is 5.72. The summed E-state index contributed by atoms with van der Waals surface area (Å²) in [4.78, 5) is 11.9. The molecule has 2 rings (SSSR count). The van der Waals surface area contributed by atoms with Gasteiger partial charge in [-0.1, -0.05) is 11.6 Å². The largest absolute Gasteiger partial charge is 0.397 e. The van der Waals surface area contributed by atoms with Gasteiger partial charge in [0.05, 0.1) is 11.4 Å². The van der Waals surface area contributed by atoms with E-state index in [1.165, 1.54) is 18.2 Å². The second-order valence-electron chi connectivity index (χ2n) is 3.69. The summed E-state index contributed by atoms with van der Waals surface area (Å²) in [6, 6.07) is 10.2. The monoisotopic (exact) mass is 264 g/mol. The fraction of sp³-hybridized carbons (Fsp3) is 0. The molecule has 0 radical (unpaired) electrons. The summed E-state index contributed by atoms with van der Waals surface area (Å²) < 4.78 is 13.0. The molecule has 18 heavy (non-hydrogen) atoms. The van der Waals surface area contributed by atoms with E-state index >= 15 is 0 Å².